The van der Waals surface area contributed by atoms with Gasteiger partial charge < -0.3 is 10.1 Å². The van der Waals surface area contributed by atoms with Gasteiger partial charge in [-0.1, -0.05) is 35.9 Å². The van der Waals surface area contributed by atoms with Crippen molar-refractivity contribution < 1.29 is 9.13 Å². The molecule has 0 saturated heterocycles. The molecule has 0 spiro atoms. The number of thiocarbonyl (C=S) groups is 1. The summed E-state index contributed by atoms with van der Waals surface area (Å²) >= 11 is 11.0. The molecule has 0 bridgehead atoms. The predicted octanol–water partition coefficient (Wildman–Crippen LogP) is 4.04. The molecule has 0 heterocycles. The van der Waals surface area contributed by atoms with Crippen LogP contribution in [0, 0.1) is 5.82 Å². The lowest BCUT2D eigenvalue weighted by atomic mass is 10.2. The summed E-state index contributed by atoms with van der Waals surface area (Å²) in [6.07, 6.45) is 3.30. The van der Waals surface area contributed by atoms with E-state index in [0.717, 1.165) is 5.56 Å². The maximum Gasteiger partial charge on any atom is 0.187 e. The average molecular weight is 378 g/mol. The first kappa shape index (κ1) is 18.9. The number of halogens is 2. The summed E-state index contributed by atoms with van der Waals surface area (Å²) < 4.78 is 19.4. The number of hydrogen-bond acceptors (Lipinski definition) is 3. The van der Waals surface area contributed by atoms with E-state index in [-0.39, 0.29) is 6.61 Å². The molecule has 0 aliphatic heterocycles. The number of benzene rings is 2. The molecule has 0 amide bonds. The van der Waals surface area contributed by atoms with E-state index >= 15 is 0 Å². The summed E-state index contributed by atoms with van der Waals surface area (Å²) in [5.74, 6) is 0.186. The highest BCUT2D eigenvalue weighted by Crippen LogP contribution is 2.21. The Hall–Kier alpha value is -2.44. The lowest BCUT2D eigenvalue weighted by Gasteiger charge is -2.09. The van der Waals surface area contributed by atoms with Crippen molar-refractivity contribution in [3.05, 3.63) is 77.1 Å². The fourth-order valence-electron chi connectivity index (χ4n) is 1.88. The zero-order chi connectivity index (χ0) is 18.1. The molecule has 25 heavy (non-hydrogen) atoms. The number of rotatable bonds is 7. The number of hydrogen-bond donors (Lipinski definition) is 2. The predicted molar refractivity (Wildman–Crippen MR) is 104 cm³/mol. The van der Waals surface area contributed by atoms with Crippen molar-refractivity contribution in [2.24, 2.45) is 5.10 Å². The second kappa shape index (κ2) is 9.76. The zero-order valence-corrected chi connectivity index (χ0v) is 14.9. The summed E-state index contributed by atoms with van der Waals surface area (Å²) in [7, 11) is 0. The van der Waals surface area contributed by atoms with Gasteiger partial charge in [0.15, 0.2) is 5.11 Å². The normalized spacial score (nSPS) is 10.5. The minimum atomic E-state index is -0.394. The molecule has 7 heteroatoms. The fourth-order valence-corrected chi connectivity index (χ4v) is 2.23. The van der Waals surface area contributed by atoms with Crippen molar-refractivity contribution in [1.29, 1.82) is 0 Å². The number of nitrogens with zero attached hydrogens (tertiary/aromatic N) is 1. The van der Waals surface area contributed by atoms with Gasteiger partial charge in [0.05, 0.1) is 11.2 Å². The number of nitrogens with one attached hydrogen (secondary N) is 2. The molecule has 2 aromatic rings. The fraction of sp³-hybridized carbons (Fsp3) is 0.111. The van der Waals surface area contributed by atoms with Gasteiger partial charge in [0.25, 0.3) is 0 Å². The first-order valence-corrected chi connectivity index (χ1v) is 8.22. The quantitative estimate of drug-likeness (QED) is 0.331. The third kappa shape index (κ3) is 6.17. The van der Waals surface area contributed by atoms with Gasteiger partial charge in [-0.2, -0.15) is 5.10 Å². The first-order valence-electron chi connectivity index (χ1n) is 7.43. The van der Waals surface area contributed by atoms with Gasteiger partial charge >= 0.3 is 0 Å². The number of hydrazone groups is 1. The van der Waals surface area contributed by atoms with Gasteiger partial charge in [0.2, 0.25) is 0 Å². The number of ether oxygens (including phenoxy) is 1. The molecule has 2 aromatic carbocycles. The molecule has 2 N–H and O–H groups in total. The van der Waals surface area contributed by atoms with Crippen LogP contribution in [0.25, 0.3) is 0 Å². The topological polar surface area (TPSA) is 45.7 Å². The molecule has 0 fully saturated rings. The van der Waals surface area contributed by atoms with Crippen molar-refractivity contribution in [1.82, 2.24) is 10.7 Å². The molecule has 0 aliphatic rings. The third-order valence-corrected chi connectivity index (χ3v) is 3.68. The lowest BCUT2D eigenvalue weighted by Crippen LogP contribution is -2.31. The molecule has 4 nitrogen and oxygen atoms in total. The Balaban J connectivity index is 1.94. The van der Waals surface area contributed by atoms with E-state index in [1.807, 2.05) is 12.1 Å². The van der Waals surface area contributed by atoms with Crippen molar-refractivity contribution in [2.45, 2.75) is 6.61 Å². The van der Waals surface area contributed by atoms with Crippen molar-refractivity contribution in [2.75, 3.05) is 6.54 Å². The lowest BCUT2D eigenvalue weighted by molar-refractivity contribution is 0.300. The van der Waals surface area contributed by atoms with Crippen LogP contribution in [0.4, 0.5) is 4.39 Å². The second-order valence-corrected chi connectivity index (χ2v) is 5.75. The smallest absolute Gasteiger partial charge is 0.187 e. The molecule has 0 aliphatic carbocycles. The summed E-state index contributed by atoms with van der Waals surface area (Å²) in [6, 6.07) is 11.8. The van der Waals surface area contributed by atoms with Crippen LogP contribution in [0.15, 0.2) is 60.2 Å². The van der Waals surface area contributed by atoms with Crippen LogP contribution in [0.1, 0.15) is 11.1 Å². The molecule has 2 rings (SSSR count). The zero-order valence-electron chi connectivity index (χ0n) is 13.3. The third-order valence-electron chi connectivity index (χ3n) is 3.09. The molecule has 0 unspecified atom stereocenters. The highest BCUT2D eigenvalue weighted by molar-refractivity contribution is 7.80. The molecule has 0 saturated carbocycles. The van der Waals surface area contributed by atoms with Gasteiger partial charge in [-0.15, -0.1) is 6.58 Å². The van der Waals surface area contributed by atoms with Gasteiger partial charge in [-0.3, -0.25) is 5.43 Å². The highest BCUT2D eigenvalue weighted by Gasteiger charge is 2.07. The van der Waals surface area contributed by atoms with Crippen LogP contribution >= 0.6 is 23.8 Å². The Morgan fingerprint density at radius 2 is 2.12 bits per heavy atom. The van der Waals surface area contributed by atoms with Crippen molar-refractivity contribution in [3.63, 3.8) is 0 Å². The average Bonchev–Trinajstić information content (AvgIpc) is 2.60. The van der Waals surface area contributed by atoms with Crippen LogP contribution in [0.5, 0.6) is 5.75 Å². The van der Waals surface area contributed by atoms with Crippen LogP contribution in [-0.2, 0) is 6.61 Å². The molecular weight excluding hydrogens is 361 g/mol. The molecule has 130 valence electrons. The van der Waals surface area contributed by atoms with Crippen molar-refractivity contribution >= 4 is 35.1 Å². The summed E-state index contributed by atoms with van der Waals surface area (Å²) in [4.78, 5) is 0. The SMILES string of the molecule is C=CCNC(=S)N/N=C/c1cccc(OCc2c(F)cccc2Cl)c1. The Bertz CT molecular complexity index is 762. The minimum Gasteiger partial charge on any atom is -0.489 e. The van der Waals surface area contributed by atoms with Gasteiger partial charge in [0.1, 0.15) is 18.2 Å². The summed E-state index contributed by atoms with van der Waals surface area (Å²) in [5, 5.41) is 7.66. The van der Waals surface area contributed by atoms with Crippen LogP contribution in [0.2, 0.25) is 5.02 Å². The van der Waals surface area contributed by atoms with E-state index in [1.54, 1.807) is 36.6 Å². The molecule has 0 aromatic heterocycles. The Morgan fingerprint density at radius 3 is 2.88 bits per heavy atom. The second-order valence-electron chi connectivity index (χ2n) is 4.93. The van der Waals surface area contributed by atoms with E-state index in [4.69, 9.17) is 28.6 Å². The molecular formula is C18H17ClFN3OS. The van der Waals surface area contributed by atoms with Crippen LogP contribution in [-0.4, -0.2) is 17.9 Å². The molecule has 0 atom stereocenters. The van der Waals surface area contributed by atoms with E-state index in [1.165, 1.54) is 6.07 Å². The summed E-state index contributed by atoms with van der Waals surface area (Å²) in [5.41, 5.74) is 3.82. The van der Waals surface area contributed by atoms with Gasteiger partial charge in [0, 0.05) is 12.1 Å². The van der Waals surface area contributed by atoms with E-state index in [2.05, 4.69) is 22.4 Å². The highest BCUT2D eigenvalue weighted by atomic mass is 35.5. The minimum absolute atomic E-state index is 0.0416. The van der Waals surface area contributed by atoms with Gasteiger partial charge in [-0.05, 0) is 42.0 Å². The van der Waals surface area contributed by atoms with Crippen LogP contribution < -0.4 is 15.5 Å². The maximum atomic E-state index is 13.7. The first-order chi connectivity index (χ1) is 12.1. The Kier molecular flexibility index (Phi) is 7.37. The van der Waals surface area contributed by atoms with E-state index in [9.17, 15) is 4.39 Å². The monoisotopic (exact) mass is 377 g/mol. The summed E-state index contributed by atoms with van der Waals surface area (Å²) in [6.45, 7) is 4.19. The maximum absolute atomic E-state index is 13.7. The standard InChI is InChI=1S/C18H17ClFN3OS/c1-2-9-21-18(25)23-22-11-13-5-3-6-14(10-13)24-12-15-16(19)7-4-8-17(15)20/h2-8,10-11H,1,9,12H2,(H2,21,23,25)/b22-11+. The molecule has 0 radical (unpaired) electrons. The van der Waals surface area contributed by atoms with E-state index < -0.39 is 5.82 Å². The Morgan fingerprint density at radius 1 is 1.32 bits per heavy atom. The van der Waals surface area contributed by atoms with E-state index in [0.29, 0.717) is 28.0 Å². The largest absolute Gasteiger partial charge is 0.489 e. The van der Waals surface area contributed by atoms with Crippen LogP contribution in [0.3, 0.4) is 0 Å². The van der Waals surface area contributed by atoms with Gasteiger partial charge in [-0.25, -0.2) is 4.39 Å². The Labute approximate surface area is 156 Å². The van der Waals surface area contributed by atoms with Crippen molar-refractivity contribution in [3.8, 4) is 5.75 Å².